The monoisotopic (exact) mass is 262 g/mol. The largest absolute Gasteiger partial charge is 0.465 e. The zero-order chi connectivity index (χ0) is 13.5. The van der Waals surface area contributed by atoms with Crippen molar-refractivity contribution in [2.24, 2.45) is 0 Å². The molecule has 1 heterocycles. The molecule has 4 nitrogen and oxygen atoms in total. The van der Waals surface area contributed by atoms with Crippen LogP contribution in [-0.2, 0) is 4.79 Å². The van der Waals surface area contributed by atoms with Crippen LogP contribution >= 0.6 is 0 Å². The quantitative estimate of drug-likeness (QED) is 0.800. The molecule has 0 bridgehead atoms. The van der Waals surface area contributed by atoms with E-state index >= 15 is 0 Å². The molecule has 1 saturated carbocycles. The minimum atomic E-state index is -0.0729. The van der Waals surface area contributed by atoms with Gasteiger partial charge in [-0.2, -0.15) is 0 Å². The van der Waals surface area contributed by atoms with Gasteiger partial charge in [0.2, 0.25) is 5.91 Å². The van der Waals surface area contributed by atoms with Crippen LogP contribution in [0.2, 0.25) is 0 Å². The van der Waals surface area contributed by atoms with Gasteiger partial charge < -0.3 is 14.6 Å². The fourth-order valence-corrected chi connectivity index (χ4v) is 2.49. The van der Waals surface area contributed by atoms with Crippen molar-refractivity contribution in [3.8, 4) is 0 Å². The van der Waals surface area contributed by atoms with E-state index in [4.69, 9.17) is 4.42 Å². The molecule has 0 radical (unpaired) electrons. The van der Waals surface area contributed by atoms with E-state index < -0.39 is 0 Å². The minimum Gasteiger partial charge on any atom is -0.465 e. The Bertz CT molecular complexity index is 406. The summed E-state index contributed by atoms with van der Waals surface area (Å²) in [5.74, 6) is 0.620. The molecule has 2 rings (SSSR count). The predicted molar refractivity (Wildman–Crippen MR) is 75.6 cm³/mol. The molecule has 1 aromatic heterocycles. The van der Waals surface area contributed by atoms with E-state index in [1.165, 1.54) is 31.8 Å². The molecule has 1 amide bonds. The number of furan rings is 1. The Balaban J connectivity index is 1.63. The van der Waals surface area contributed by atoms with Gasteiger partial charge in [-0.3, -0.25) is 4.79 Å². The van der Waals surface area contributed by atoms with Gasteiger partial charge in [-0.25, -0.2) is 0 Å². The van der Waals surface area contributed by atoms with Gasteiger partial charge in [0, 0.05) is 25.2 Å². The highest BCUT2D eigenvalue weighted by Gasteiger charge is 2.18. The molecule has 0 unspecified atom stereocenters. The second kappa shape index (κ2) is 7.14. The lowest BCUT2D eigenvalue weighted by molar-refractivity contribution is -0.116. The van der Waals surface area contributed by atoms with Crippen LogP contribution in [-0.4, -0.2) is 37.0 Å². The smallest absolute Gasteiger partial charge is 0.244 e. The first-order valence-electron chi connectivity index (χ1n) is 6.95. The lowest BCUT2D eigenvalue weighted by atomic mass is 10.2. The van der Waals surface area contributed by atoms with Crippen LogP contribution in [0.25, 0.3) is 6.08 Å². The first-order valence-corrected chi connectivity index (χ1v) is 6.95. The van der Waals surface area contributed by atoms with Gasteiger partial charge in [-0.1, -0.05) is 12.8 Å². The van der Waals surface area contributed by atoms with Crippen molar-refractivity contribution in [3.63, 3.8) is 0 Å². The summed E-state index contributed by atoms with van der Waals surface area (Å²) in [6, 6.07) is 4.32. The number of hydrogen-bond acceptors (Lipinski definition) is 3. The number of carbonyl (C=O) groups excluding carboxylic acids is 1. The molecule has 19 heavy (non-hydrogen) atoms. The number of nitrogens with one attached hydrogen (secondary N) is 1. The third kappa shape index (κ3) is 4.56. The predicted octanol–water partition coefficient (Wildman–Crippen LogP) is 2.28. The summed E-state index contributed by atoms with van der Waals surface area (Å²) >= 11 is 0. The summed E-state index contributed by atoms with van der Waals surface area (Å²) in [4.78, 5) is 13.9. The van der Waals surface area contributed by atoms with Gasteiger partial charge in [0.15, 0.2) is 0 Å². The van der Waals surface area contributed by atoms with Crippen molar-refractivity contribution in [2.75, 3.05) is 20.1 Å². The third-order valence-corrected chi connectivity index (χ3v) is 3.65. The maximum absolute atomic E-state index is 11.6. The molecule has 1 aliphatic carbocycles. The standard InChI is InChI=1S/C15H22N2O2/c1-17(13-5-2-3-6-13)11-10-16-15(18)9-8-14-7-4-12-19-14/h4,7-9,12-13H,2-3,5-6,10-11H2,1H3,(H,16,18)/b9-8+. The molecule has 1 N–H and O–H groups in total. The van der Waals surface area contributed by atoms with Gasteiger partial charge in [-0.05, 0) is 38.1 Å². The van der Waals surface area contributed by atoms with Crippen LogP contribution in [0.3, 0.4) is 0 Å². The highest BCUT2D eigenvalue weighted by molar-refractivity contribution is 5.91. The lowest BCUT2D eigenvalue weighted by Gasteiger charge is -2.23. The van der Waals surface area contributed by atoms with E-state index in [0.717, 1.165) is 6.54 Å². The average molecular weight is 262 g/mol. The van der Waals surface area contributed by atoms with Gasteiger partial charge in [0.1, 0.15) is 5.76 Å². The third-order valence-electron chi connectivity index (χ3n) is 3.65. The zero-order valence-electron chi connectivity index (χ0n) is 11.5. The van der Waals surface area contributed by atoms with Gasteiger partial charge >= 0.3 is 0 Å². The van der Waals surface area contributed by atoms with E-state index in [0.29, 0.717) is 18.3 Å². The van der Waals surface area contributed by atoms with Gasteiger partial charge in [0.25, 0.3) is 0 Å². The lowest BCUT2D eigenvalue weighted by Crippen LogP contribution is -2.36. The van der Waals surface area contributed by atoms with Crippen molar-refractivity contribution >= 4 is 12.0 Å². The number of rotatable bonds is 6. The van der Waals surface area contributed by atoms with E-state index in [2.05, 4.69) is 17.3 Å². The van der Waals surface area contributed by atoms with Crippen LogP contribution in [0.4, 0.5) is 0 Å². The fraction of sp³-hybridized carbons (Fsp3) is 0.533. The zero-order valence-corrected chi connectivity index (χ0v) is 11.5. The van der Waals surface area contributed by atoms with E-state index in [-0.39, 0.29) is 5.91 Å². The highest BCUT2D eigenvalue weighted by Crippen LogP contribution is 2.21. The molecule has 0 atom stereocenters. The summed E-state index contributed by atoms with van der Waals surface area (Å²) in [6.45, 7) is 1.60. The van der Waals surface area contributed by atoms with Crippen molar-refractivity contribution in [3.05, 3.63) is 30.2 Å². The average Bonchev–Trinajstić information content (AvgIpc) is 3.09. The molecule has 104 valence electrons. The van der Waals surface area contributed by atoms with Crippen molar-refractivity contribution in [2.45, 2.75) is 31.7 Å². The van der Waals surface area contributed by atoms with Crippen LogP contribution < -0.4 is 5.32 Å². The van der Waals surface area contributed by atoms with Crippen LogP contribution in [0.1, 0.15) is 31.4 Å². The maximum atomic E-state index is 11.6. The summed E-state index contributed by atoms with van der Waals surface area (Å²) < 4.78 is 5.12. The van der Waals surface area contributed by atoms with E-state index in [1.54, 1.807) is 18.4 Å². The SMILES string of the molecule is CN(CCNC(=O)/C=C/c1ccco1)C1CCCC1. The molecular formula is C15H22N2O2. The number of amides is 1. The maximum Gasteiger partial charge on any atom is 0.244 e. The first kappa shape index (κ1) is 13.9. The van der Waals surface area contributed by atoms with Gasteiger partial charge in [-0.15, -0.1) is 0 Å². The molecule has 0 aromatic carbocycles. The number of hydrogen-bond donors (Lipinski definition) is 1. The Morgan fingerprint density at radius 1 is 1.53 bits per heavy atom. The van der Waals surface area contributed by atoms with Crippen molar-refractivity contribution < 1.29 is 9.21 Å². The molecule has 0 saturated heterocycles. The summed E-state index contributed by atoms with van der Waals surface area (Å²) in [5, 5.41) is 2.89. The Hall–Kier alpha value is -1.55. The Morgan fingerprint density at radius 2 is 2.32 bits per heavy atom. The molecular weight excluding hydrogens is 240 g/mol. The molecule has 0 spiro atoms. The first-order chi connectivity index (χ1) is 9.25. The Kier molecular flexibility index (Phi) is 5.21. The number of nitrogens with zero attached hydrogens (tertiary/aromatic N) is 1. The Morgan fingerprint density at radius 3 is 3.00 bits per heavy atom. The topological polar surface area (TPSA) is 45.5 Å². The van der Waals surface area contributed by atoms with Crippen LogP contribution in [0, 0.1) is 0 Å². The molecule has 4 heteroatoms. The van der Waals surface area contributed by atoms with Crippen molar-refractivity contribution in [1.29, 1.82) is 0 Å². The number of carbonyl (C=O) groups is 1. The molecule has 1 aliphatic rings. The second-order valence-corrected chi connectivity index (χ2v) is 5.06. The molecule has 1 aromatic rings. The van der Waals surface area contributed by atoms with Crippen LogP contribution in [0.15, 0.2) is 28.9 Å². The van der Waals surface area contributed by atoms with Gasteiger partial charge in [0.05, 0.1) is 6.26 Å². The summed E-state index contributed by atoms with van der Waals surface area (Å²) in [7, 11) is 2.14. The second-order valence-electron chi connectivity index (χ2n) is 5.06. The summed E-state index contributed by atoms with van der Waals surface area (Å²) in [6.07, 6.45) is 10.0. The fourth-order valence-electron chi connectivity index (χ4n) is 2.49. The number of likely N-dealkylation sites (N-methyl/N-ethyl adjacent to an activating group) is 1. The van der Waals surface area contributed by atoms with E-state index in [1.807, 2.05) is 6.07 Å². The van der Waals surface area contributed by atoms with E-state index in [9.17, 15) is 4.79 Å². The highest BCUT2D eigenvalue weighted by atomic mass is 16.3. The Labute approximate surface area is 114 Å². The molecule has 1 fully saturated rings. The summed E-state index contributed by atoms with van der Waals surface area (Å²) in [5.41, 5.74) is 0. The van der Waals surface area contributed by atoms with Crippen molar-refractivity contribution in [1.82, 2.24) is 10.2 Å². The molecule has 0 aliphatic heterocycles. The van der Waals surface area contributed by atoms with Crippen LogP contribution in [0.5, 0.6) is 0 Å². The normalized spacial score (nSPS) is 16.5. The minimum absolute atomic E-state index is 0.0729.